The highest BCUT2D eigenvalue weighted by Crippen LogP contribution is 2.54. The molecule has 0 N–H and O–H groups in total. The first-order chi connectivity index (χ1) is 35.4. The summed E-state index contributed by atoms with van der Waals surface area (Å²) in [7, 11) is 0. The van der Waals surface area contributed by atoms with Gasteiger partial charge in [-0.15, -0.1) is 0 Å². The van der Waals surface area contributed by atoms with Gasteiger partial charge in [0, 0.05) is 33.4 Å². The zero-order valence-electron chi connectivity index (χ0n) is 38.3. The summed E-state index contributed by atoms with van der Waals surface area (Å²) < 4.78 is 42.6. The van der Waals surface area contributed by atoms with Gasteiger partial charge in [-0.05, 0) is 124 Å². The predicted molar refractivity (Wildman–Crippen MR) is 284 cm³/mol. The second-order valence-corrected chi connectivity index (χ2v) is 17.7. The van der Waals surface area contributed by atoms with Gasteiger partial charge in [-0.3, -0.25) is 14.7 Å². The Labute approximate surface area is 413 Å². The first-order valence-electron chi connectivity index (χ1n) is 23.6. The lowest BCUT2D eigenvalue weighted by Crippen LogP contribution is -2.27. The number of hydrogen-bond acceptors (Lipinski definition) is 6. The van der Waals surface area contributed by atoms with Crippen LogP contribution in [0.3, 0.4) is 0 Å². The van der Waals surface area contributed by atoms with Gasteiger partial charge in [0.25, 0.3) is 0 Å². The number of fused-ring (bicyclic) bond motifs is 6. The molecule has 0 aliphatic carbocycles. The van der Waals surface area contributed by atoms with Crippen LogP contribution in [0.25, 0.3) is 34.9 Å². The number of hydrogen-bond donors (Lipinski definition) is 0. The fourth-order valence-electron chi connectivity index (χ4n) is 10.1. The van der Waals surface area contributed by atoms with Crippen LogP contribution < -0.4 is 14.7 Å². The van der Waals surface area contributed by atoms with E-state index < -0.39 is 0 Å². The van der Waals surface area contributed by atoms with Crippen LogP contribution in [0, 0.1) is 17.5 Å². The van der Waals surface area contributed by atoms with Crippen LogP contribution in [0.2, 0.25) is 0 Å². The highest BCUT2D eigenvalue weighted by atomic mass is 19.1. The zero-order valence-corrected chi connectivity index (χ0v) is 38.3. The monoisotopic (exact) mass is 936 g/mol. The summed E-state index contributed by atoms with van der Waals surface area (Å²) >= 11 is 0. The van der Waals surface area contributed by atoms with Crippen molar-refractivity contribution in [1.82, 2.24) is 15.0 Å². The molecule has 0 fully saturated rings. The molecule has 4 heterocycles. The normalized spacial score (nSPS) is 13.0. The van der Waals surface area contributed by atoms with Crippen molar-refractivity contribution in [3.63, 3.8) is 0 Å². The van der Waals surface area contributed by atoms with E-state index in [0.717, 1.165) is 101 Å². The number of anilines is 9. The van der Waals surface area contributed by atoms with E-state index in [9.17, 15) is 13.2 Å². The summed E-state index contributed by atoms with van der Waals surface area (Å²) in [4.78, 5) is 22.9. The zero-order chi connectivity index (χ0) is 48.3. The molecule has 0 spiro atoms. The number of rotatable bonds is 6. The molecule has 72 heavy (non-hydrogen) atoms. The molecule has 3 aliphatic rings. The maximum absolute atomic E-state index is 14.2. The molecule has 0 unspecified atom stereocenters. The van der Waals surface area contributed by atoms with Gasteiger partial charge in [0.05, 0.1) is 34.1 Å². The van der Waals surface area contributed by atoms with E-state index >= 15 is 0 Å². The highest BCUT2D eigenvalue weighted by Gasteiger charge is 2.36. The minimum Gasteiger partial charge on any atom is -0.278 e. The number of nitrogens with zero attached hydrogens (tertiary/aromatic N) is 6. The van der Waals surface area contributed by atoms with Gasteiger partial charge >= 0.3 is 0 Å². The second kappa shape index (κ2) is 17.4. The van der Waals surface area contributed by atoms with Crippen molar-refractivity contribution in [2.75, 3.05) is 14.7 Å². The van der Waals surface area contributed by atoms with Crippen LogP contribution in [0.4, 0.5) is 65.1 Å². The molecule has 13 rings (SSSR count). The largest absolute Gasteiger partial charge is 0.278 e. The van der Waals surface area contributed by atoms with Crippen LogP contribution in [-0.4, -0.2) is 15.0 Å². The van der Waals surface area contributed by atoms with Gasteiger partial charge in [0.1, 0.15) is 17.5 Å². The smallest absolute Gasteiger partial charge is 0.241 e. The fraction of sp³-hybridized carbons (Fsp3) is 0. The number of benzene rings is 9. The molecule has 9 heteroatoms. The number of aromatic nitrogens is 3. The lowest BCUT2D eigenvalue weighted by atomic mass is 9.88. The molecule has 342 valence electrons. The molecule has 0 saturated heterocycles. The van der Waals surface area contributed by atoms with Crippen molar-refractivity contribution in [2.24, 2.45) is 0 Å². The van der Waals surface area contributed by atoms with E-state index in [0.29, 0.717) is 17.8 Å². The molecule has 0 amide bonds. The molecule has 3 aliphatic heterocycles. The third-order valence-corrected chi connectivity index (χ3v) is 13.4. The van der Waals surface area contributed by atoms with Gasteiger partial charge in [0.2, 0.25) is 17.8 Å². The SMILES string of the molecule is Fc1ccc(C=C2c3ccccc3N(c3nc(N4c5ccccc5C(=Cc5ccc(F)cc5)c5ccccc54)nc(N4c5ccccc5C(=Cc5ccc(F)cc5)c5ccccc54)n3)c3ccccc32)cc1. The van der Waals surface area contributed by atoms with Gasteiger partial charge in [-0.1, -0.05) is 146 Å². The summed E-state index contributed by atoms with van der Waals surface area (Å²) in [6, 6.07) is 68.7. The van der Waals surface area contributed by atoms with Crippen molar-refractivity contribution >= 4 is 86.9 Å². The Morgan fingerprint density at radius 3 is 0.653 bits per heavy atom. The quantitative estimate of drug-likeness (QED) is 0.166. The minimum atomic E-state index is -0.299. The lowest BCUT2D eigenvalue weighted by Gasteiger charge is -2.37. The number of para-hydroxylation sites is 6. The Balaban J connectivity index is 1.07. The third-order valence-electron chi connectivity index (χ3n) is 13.4. The van der Waals surface area contributed by atoms with Crippen LogP contribution in [0.5, 0.6) is 0 Å². The van der Waals surface area contributed by atoms with E-state index in [1.54, 1.807) is 36.4 Å². The van der Waals surface area contributed by atoms with E-state index in [1.165, 1.54) is 36.4 Å². The Hall–Kier alpha value is -9.60. The van der Waals surface area contributed by atoms with Gasteiger partial charge in [-0.25, -0.2) is 13.2 Å². The summed E-state index contributed by atoms with van der Waals surface area (Å²) in [6.45, 7) is 0. The van der Waals surface area contributed by atoms with Crippen LogP contribution in [0.15, 0.2) is 218 Å². The van der Waals surface area contributed by atoms with Crippen molar-refractivity contribution in [3.8, 4) is 0 Å². The number of halogens is 3. The summed E-state index contributed by atoms with van der Waals surface area (Å²) in [5.74, 6) is 0.231. The highest BCUT2D eigenvalue weighted by molar-refractivity contribution is 6.08. The van der Waals surface area contributed by atoms with Crippen molar-refractivity contribution < 1.29 is 13.2 Å². The summed E-state index contributed by atoms with van der Waals surface area (Å²) in [5, 5.41) is 0. The average Bonchev–Trinajstić information content (AvgIpc) is 3.42. The Morgan fingerprint density at radius 2 is 0.444 bits per heavy atom. The Kier molecular flexibility index (Phi) is 10.3. The standard InChI is InChI=1S/C63H39F3N6/c64-43-31-25-40(26-32-43)37-52-46-13-1-7-19-55(46)70(56-20-8-2-14-47(52)56)61-67-62(71-57-21-9-3-15-48(57)53(49-16-4-10-22-58(49)71)38-41-27-33-44(65)34-28-41)69-63(68-61)72-59-23-11-5-17-50(59)54(51-18-6-12-24-60(51)72)39-42-29-35-45(66)36-30-42/h1-39H. The van der Waals surface area contributed by atoms with E-state index in [2.05, 4.69) is 106 Å². The first-order valence-corrected chi connectivity index (χ1v) is 23.6. The molecule has 9 aromatic carbocycles. The average molecular weight is 937 g/mol. The van der Waals surface area contributed by atoms with Crippen molar-refractivity contribution in [2.45, 2.75) is 0 Å². The molecule has 0 atom stereocenters. The second-order valence-electron chi connectivity index (χ2n) is 17.7. The van der Waals surface area contributed by atoms with Crippen LogP contribution in [0.1, 0.15) is 50.1 Å². The fourth-order valence-corrected chi connectivity index (χ4v) is 10.1. The summed E-state index contributed by atoms with van der Waals surface area (Å²) in [6.07, 6.45) is 6.28. The molecular formula is C63H39F3N6. The first kappa shape index (κ1) is 42.5. The third kappa shape index (κ3) is 7.34. The topological polar surface area (TPSA) is 48.4 Å². The molecule has 10 aromatic rings. The predicted octanol–water partition coefficient (Wildman–Crippen LogP) is 16.4. The van der Waals surface area contributed by atoms with E-state index in [1.807, 2.05) is 72.8 Å². The lowest BCUT2D eigenvalue weighted by molar-refractivity contribution is 0.627. The molecule has 0 bridgehead atoms. The molecule has 0 radical (unpaired) electrons. The molecular weight excluding hydrogens is 898 g/mol. The van der Waals surface area contributed by atoms with Gasteiger partial charge in [0.15, 0.2) is 0 Å². The minimum absolute atomic E-state index is 0.299. The molecule has 1 aromatic heterocycles. The van der Waals surface area contributed by atoms with Gasteiger partial charge < -0.3 is 0 Å². The van der Waals surface area contributed by atoms with Crippen LogP contribution >= 0.6 is 0 Å². The van der Waals surface area contributed by atoms with Crippen molar-refractivity contribution in [1.29, 1.82) is 0 Å². The Bertz CT molecular complexity index is 3300. The van der Waals surface area contributed by atoms with Gasteiger partial charge in [-0.2, -0.15) is 15.0 Å². The summed E-state index contributed by atoms with van der Waals surface area (Å²) in [5.41, 5.74) is 16.2. The maximum atomic E-state index is 14.2. The Morgan fingerprint density at radius 1 is 0.250 bits per heavy atom. The van der Waals surface area contributed by atoms with Crippen molar-refractivity contribution in [3.05, 3.63) is 286 Å². The van der Waals surface area contributed by atoms with Crippen LogP contribution in [-0.2, 0) is 0 Å². The molecule has 0 saturated carbocycles. The van der Waals surface area contributed by atoms with E-state index in [4.69, 9.17) is 15.0 Å². The molecule has 6 nitrogen and oxygen atoms in total. The maximum Gasteiger partial charge on any atom is 0.241 e. The van der Waals surface area contributed by atoms with E-state index in [-0.39, 0.29) is 17.5 Å².